The van der Waals surface area contributed by atoms with Gasteiger partial charge in [-0.3, -0.25) is 0 Å². The molecule has 0 amide bonds. The van der Waals surface area contributed by atoms with Gasteiger partial charge in [0.1, 0.15) is 0 Å². The van der Waals surface area contributed by atoms with Gasteiger partial charge in [0.15, 0.2) is 0 Å². The molecule has 0 aromatic rings. The van der Waals surface area contributed by atoms with E-state index in [1.807, 2.05) is 20.8 Å². The molecule has 0 heterocycles. The van der Waals surface area contributed by atoms with E-state index in [1.165, 1.54) is 0 Å². The van der Waals surface area contributed by atoms with E-state index in [2.05, 4.69) is 0 Å². The van der Waals surface area contributed by atoms with E-state index in [4.69, 9.17) is 5.73 Å². The quantitative estimate of drug-likeness (QED) is 0.736. The van der Waals surface area contributed by atoms with Crippen molar-refractivity contribution in [3.63, 3.8) is 0 Å². The zero-order valence-electron chi connectivity index (χ0n) is 8.36. The summed E-state index contributed by atoms with van der Waals surface area (Å²) in [6, 6.07) is -0.346. The maximum Gasteiger partial charge on any atom is 0.389 e. The average Bonchev–Trinajstić information content (AvgIpc) is 1.97. The number of hydrogen-bond donors (Lipinski definition) is 1. The number of rotatable bonds is 4. The van der Waals surface area contributed by atoms with Gasteiger partial charge in [-0.15, -0.1) is 0 Å². The SMILES string of the molecule is CC(C)C(C)C(N)CCC(F)(F)F. The van der Waals surface area contributed by atoms with Crippen LogP contribution >= 0.6 is 0 Å². The number of hydrogen-bond acceptors (Lipinski definition) is 1. The van der Waals surface area contributed by atoms with Crippen LogP contribution < -0.4 is 5.73 Å². The van der Waals surface area contributed by atoms with Gasteiger partial charge in [0.25, 0.3) is 0 Å². The van der Waals surface area contributed by atoms with Gasteiger partial charge in [-0.25, -0.2) is 0 Å². The van der Waals surface area contributed by atoms with Crippen molar-refractivity contribution in [3.05, 3.63) is 0 Å². The van der Waals surface area contributed by atoms with Crippen LogP contribution in [0.15, 0.2) is 0 Å². The van der Waals surface area contributed by atoms with Crippen LogP contribution in [0.4, 0.5) is 13.2 Å². The lowest BCUT2D eigenvalue weighted by Crippen LogP contribution is -2.32. The molecule has 0 aromatic heterocycles. The fourth-order valence-corrected chi connectivity index (χ4v) is 1.09. The van der Waals surface area contributed by atoms with Crippen molar-refractivity contribution in [2.75, 3.05) is 0 Å². The van der Waals surface area contributed by atoms with E-state index >= 15 is 0 Å². The second kappa shape index (κ2) is 4.84. The Labute approximate surface area is 77.5 Å². The predicted molar refractivity (Wildman–Crippen MR) is 47.3 cm³/mol. The standard InChI is InChI=1S/C9H18F3N/c1-6(2)7(3)8(13)4-5-9(10,11)12/h6-8H,4-5,13H2,1-3H3. The highest BCUT2D eigenvalue weighted by Crippen LogP contribution is 2.25. The van der Waals surface area contributed by atoms with Gasteiger partial charge in [-0.05, 0) is 18.3 Å². The van der Waals surface area contributed by atoms with Crippen LogP contribution in [0.2, 0.25) is 0 Å². The molecule has 0 bridgehead atoms. The molecule has 0 saturated carbocycles. The molecule has 13 heavy (non-hydrogen) atoms. The van der Waals surface area contributed by atoms with Crippen molar-refractivity contribution in [1.82, 2.24) is 0 Å². The minimum atomic E-state index is -4.08. The molecule has 2 unspecified atom stereocenters. The number of nitrogens with two attached hydrogens (primary N) is 1. The summed E-state index contributed by atoms with van der Waals surface area (Å²) in [5.41, 5.74) is 5.63. The second-order valence-electron chi connectivity index (χ2n) is 3.92. The summed E-state index contributed by atoms with van der Waals surface area (Å²) < 4.78 is 35.5. The molecular weight excluding hydrogens is 179 g/mol. The molecule has 1 nitrogen and oxygen atoms in total. The van der Waals surface area contributed by atoms with Crippen LogP contribution in [-0.4, -0.2) is 12.2 Å². The van der Waals surface area contributed by atoms with E-state index in [-0.39, 0.29) is 18.4 Å². The van der Waals surface area contributed by atoms with Gasteiger partial charge in [-0.2, -0.15) is 13.2 Å². The Morgan fingerprint density at radius 2 is 1.62 bits per heavy atom. The molecule has 0 aliphatic carbocycles. The highest BCUT2D eigenvalue weighted by molar-refractivity contribution is 4.72. The normalized spacial score (nSPS) is 17.5. The van der Waals surface area contributed by atoms with E-state index in [1.54, 1.807) is 0 Å². The topological polar surface area (TPSA) is 26.0 Å². The lowest BCUT2D eigenvalue weighted by atomic mass is 9.88. The summed E-state index contributed by atoms with van der Waals surface area (Å²) in [6.45, 7) is 5.84. The Kier molecular flexibility index (Phi) is 4.75. The van der Waals surface area contributed by atoms with E-state index in [9.17, 15) is 13.2 Å². The smallest absolute Gasteiger partial charge is 0.327 e. The van der Waals surface area contributed by atoms with Gasteiger partial charge in [-0.1, -0.05) is 20.8 Å². The van der Waals surface area contributed by atoms with Crippen molar-refractivity contribution < 1.29 is 13.2 Å². The third-order valence-corrected chi connectivity index (χ3v) is 2.49. The summed E-state index contributed by atoms with van der Waals surface area (Å²) in [5, 5.41) is 0. The first-order chi connectivity index (χ1) is 5.74. The molecule has 0 fully saturated rings. The Morgan fingerprint density at radius 1 is 1.15 bits per heavy atom. The molecule has 0 aliphatic rings. The Hall–Kier alpha value is -0.250. The van der Waals surface area contributed by atoms with Crippen LogP contribution in [0, 0.1) is 11.8 Å². The zero-order chi connectivity index (χ0) is 10.6. The highest BCUT2D eigenvalue weighted by atomic mass is 19.4. The van der Waals surface area contributed by atoms with Crippen molar-refractivity contribution in [3.8, 4) is 0 Å². The summed E-state index contributed by atoms with van der Waals surface area (Å²) in [5.74, 6) is 0.477. The molecule has 2 atom stereocenters. The van der Waals surface area contributed by atoms with Crippen molar-refractivity contribution in [1.29, 1.82) is 0 Å². The molecule has 0 aromatic carbocycles. The van der Waals surface area contributed by atoms with E-state index in [0.29, 0.717) is 5.92 Å². The molecule has 0 saturated heterocycles. The van der Waals surface area contributed by atoms with Crippen LogP contribution in [0.25, 0.3) is 0 Å². The summed E-state index contributed by atoms with van der Waals surface area (Å²) in [7, 11) is 0. The van der Waals surface area contributed by atoms with Crippen LogP contribution in [0.3, 0.4) is 0 Å². The maximum absolute atomic E-state index is 11.8. The molecule has 4 heteroatoms. The van der Waals surface area contributed by atoms with Crippen molar-refractivity contribution >= 4 is 0 Å². The largest absolute Gasteiger partial charge is 0.389 e. The lowest BCUT2D eigenvalue weighted by molar-refractivity contribution is -0.136. The van der Waals surface area contributed by atoms with Crippen molar-refractivity contribution in [2.45, 2.75) is 45.8 Å². The maximum atomic E-state index is 11.8. The minimum Gasteiger partial charge on any atom is -0.327 e. The van der Waals surface area contributed by atoms with E-state index < -0.39 is 12.6 Å². The Morgan fingerprint density at radius 3 is 1.92 bits per heavy atom. The predicted octanol–water partition coefficient (Wildman–Crippen LogP) is 2.95. The first-order valence-corrected chi connectivity index (χ1v) is 4.56. The first kappa shape index (κ1) is 12.8. The van der Waals surface area contributed by atoms with Gasteiger partial charge >= 0.3 is 6.18 Å². The Balaban J connectivity index is 3.81. The monoisotopic (exact) mass is 197 g/mol. The number of halogens is 3. The van der Waals surface area contributed by atoms with Crippen LogP contribution in [0.1, 0.15) is 33.6 Å². The lowest BCUT2D eigenvalue weighted by Gasteiger charge is -2.23. The van der Waals surface area contributed by atoms with Gasteiger partial charge in [0.05, 0.1) is 0 Å². The van der Waals surface area contributed by atoms with Gasteiger partial charge in [0, 0.05) is 12.5 Å². The van der Waals surface area contributed by atoms with Crippen LogP contribution in [-0.2, 0) is 0 Å². The van der Waals surface area contributed by atoms with Gasteiger partial charge in [0.2, 0.25) is 0 Å². The molecule has 0 aliphatic heterocycles. The summed E-state index contributed by atoms with van der Waals surface area (Å²) in [6.07, 6.45) is -4.82. The minimum absolute atomic E-state index is 0.0306. The number of alkyl halides is 3. The molecular formula is C9H18F3N. The van der Waals surface area contributed by atoms with Gasteiger partial charge < -0.3 is 5.73 Å². The molecule has 0 spiro atoms. The Bertz CT molecular complexity index is 142. The molecule has 0 rings (SSSR count). The zero-order valence-corrected chi connectivity index (χ0v) is 8.36. The fraction of sp³-hybridized carbons (Fsp3) is 1.00. The second-order valence-corrected chi connectivity index (χ2v) is 3.92. The third-order valence-electron chi connectivity index (χ3n) is 2.49. The average molecular weight is 197 g/mol. The summed E-state index contributed by atoms with van der Waals surface area (Å²) in [4.78, 5) is 0. The molecule has 2 N–H and O–H groups in total. The first-order valence-electron chi connectivity index (χ1n) is 4.56. The van der Waals surface area contributed by atoms with Crippen molar-refractivity contribution in [2.24, 2.45) is 17.6 Å². The van der Waals surface area contributed by atoms with Crippen LogP contribution in [0.5, 0.6) is 0 Å². The third kappa shape index (κ3) is 5.91. The fourth-order valence-electron chi connectivity index (χ4n) is 1.09. The summed E-state index contributed by atoms with van der Waals surface area (Å²) >= 11 is 0. The molecule has 0 radical (unpaired) electrons. The van der Waals surface area contributed by atoms with E-state index in [0.717, 1.165) is 0 Å². The highest BCUT2D eigenvalue weighted by Gasteiger charge is 2.29. The molecule has 80 valence electrons.